The molecular formula is C11H16N6. The summed E-state index contributed by atoms with van der Waals surface area (Å²) in [5.74, 6) is 0.116. The molecule has 0 heterocycles. The van der Waals surface area contributed by atoms with Crippen LogP contribution in [0.25, 0.3) is 0 Å². The van der Waals surface area contributed by atoms with E-state index in [2.05, 4.69) is 10.5 Å². The summed E-state index contributed by atoms with van der Waals surface area (Å²) >= 11 is 0. The Morgan fingerprint density at radius 1 is 1.35 bits per heavy atom. The second kappa shape index (κ2) is 4.32. The summed E-state index contributed by atoms with van der Waals surface area (Å²) in [6.45, 7) is 0. The second-order valence-corrected chi connectivity index (χ2v) is 4.04. The Bertz CT molecular complexity index is 475. The summed E-state index contributed by atoms with van der Waals surface area (Å²) in [6.07, 6.45) is 1.78. The average molecular weight is 232 g/mol. The van der Waals surface area contributed by atoms with Crippen LogP contribution in [0, 0.1) is 5.41 Å². The van der Waals surface area contributed by atoms with Crippen LogP contribution in [-0.2, 0) is 6.42 Å². The molecule has 1 aliphatic rings. The number of rotatable bonds is 3. The number of nitrogens with one attached hydrogen (secondary N) is 2. The van der Waals surface area contributed by atoms with Crippen molar-refractivity contribution in [3.63, 3.8) is 0 Å². The van der Waals surface area contributed by atoms with Gasteiger partial charge in [0.15, 0.2) is 0 Å². The molecule has 1 unspecified atom stereocenters. The number of fused-ring (bicyclic) bond motifs is 1. The van der Waals surface area contributed by atoms with Crippen LogP contribution in [0.15, 0.2) is 23.3 Å². The summed E-state index contributed by atoms with van der Waals surface area (Å²) in [7, 11) is 0. The van der Waals surface area contributed by atoms with E-state index >= 15 is 0 Å². The maximum atomic E-state index is 7.53. The molecule has 0 fully saturated rings. The number of nitrogen functional groups attached to an aromatic ring is 1. The summed E-state index contributed by atoms with van der Waals surface area (Å²) in [5, 5.41) is 11.3. The van der Waals surface area contributed by atoms with Gasteiger partial charge >= 0.3 is 0 Å². The molecule has 8 N–H and O–H groups in total. The standard InChI is InChI=1S/C11H16N6/c12-10(13)8-3-1-2-7-6(8)4-5-9(7)16-17-11(14)15/h1-3,9,16H,4-5H2,(H3,12,13)(H4,14,15,17). The molecule has 1 atom stereocenters. The molecule has 6 nitrogen and oxygen atoms in total. The minimum atomic E-state index is 0.0150. The molecule has 2 rings (SSSR count). The smallest absolute Gasteiger partial charge is 0.208 e. The Labute approximate surface area is 99.4 Å². The minimum Gasteiger partial charge on any atom is -0.384 e. The Balaban J connectivity index is 2.30. The van der Waals surface area contributed by atoms with Crippen molar-refractivity contribution in [1.82, 2.24) is 5.43 Å². The number of nitrogens with zero attached hydrogens (tertiary/aromatic N) is 1. The van der Waals surface area contributed by atoms with E-state index < -0.39 is 0 Å². The van der Waals surface area contributed by atoms with Gasteiger partial charge in [0.1, 0.15) is 5.84 Å². The van der Waals surface area contributed by atoms with E-state index in [1.807, 2.05) is 18.2 Å². The summed E-state index contributed by atoms with van der Waals surface area (Å²) in [5.41, 5.74) is 22.1. The Kier molecular flexibility index (Phi) is 2.86. The zero-order chi connectivity index (χ0) is 12.4. The van der Waals surface area contributed by atoms with Gasteiger partial charge in [-0.1, -0.05) is 18.2 Å². The number of benzene rings is 1. The summed E-state index contributed by atoms with van der Waals surface area (Å²) in [6, 6.07) is 5.86. The highest BCUT2D eigenvalue weighted by atomic mass is 15.3. The molecule has 0 aliphatic heterocycles. The maximum absolute atomic E-state index is 7.53. The van der Waals surface area contributed by atoms with Crippen LogP contribution in [0.3, 0.4) is 0 Å². The molecule has 1 aliphatic carbocycles. The molecule has 1 aromatic carbocycles. The first-order chi connectivity index (χ1) is 8.09. The van der Waals surface area contributed by atoms with E-state index in [0.29, 0.717) is 0 Å². The third-order valence-corrected chi connectivity index (χ3v) is 2.91. The fourth-order valence-corrected chi connectivity index (χ4v) is 2.19. The quantitative estimate of drug-likeness (QED) is 0.279. The van der Waals surface area contributed by atoms with Gasteiger partial charge in [0.25, 0.3) is 0 Å². The van der Waals surface area contributed by atoms with Gasteiger partial charge in [0, 0.05) is 5.56 Å². The number of hydrogen-bond donors (Lipinski definition) is 5. The third kappa shape index (κ3) is 2.15. The molecule has 0 bridgehead atoms. The van der Waals surface area contributed by atoms with Crippen LogP contribution in [0.5, 0.6) is 0 Å². The number of nitrogens with two attached hydrogens (primary N) is 3. The van der Waals surface area contributed by atoms with Gasteiger partial charge in [0.05, 0.1) is 6.04 Å². The van der Waals surface area contributed by atoms with Crippen LogP contribution in [0.2, 0.25) is 0 Å². The van der Waals surface area contributed by atoms with Gasteiger partial charge < -0.3 is 17.2 Å². The molecule has 0 saturated heterocycles. The number of amidine groups is 1. The predicted octanol–water partition coefficient (Wildman–Crippen LogP) is -0.264. The van der Waals surface area contributed by atoms with E-state index in [1.165, 1.54) is 0 Å². The van der Waals surface area contributed by atoms with E-state index in [9.17, 15) is 0 Å². The van der Waals surface area contributed by atoms with Crippen LogP contribution in [0.1, 0.15) is 29.2 Å². The van der Waals surface area contributed by atoms with Gasteiger partial charge in [-0.05, 0) is 24.0 Å². The van der Waals surface area contributed by atoms with E-state index in [1.54, 1.807) is 0 Å². The zero-order valence-corrected chi connectivity index (χ0v) is 9.40. The highest BCUT2D eigenvalue weighted by molar-refractivity contribution is 5.96. The molecule has 1 aromatic rings. The number of hydrazone groups is 1. The largest absolute Gasteiger partial charge is 0.384 e. The van der Waals surface area contributed by atoms with E-state index in [0.717, 1.165) is 29.5 Å². The number of hydrogen-bond acceptors (Lipinski definition) is 3. The topological polar surface area (TPSA) is 126 Å². The lowest BCUT2D eigenvalue weighted by atomic mass is 10.0. The van der Waals surface area contributed by atoms with Crippen molar-refractivity contribution in [3.8, 4) is 0 Å². The average Bonchev–Trinajstić information content (AvgIpc) is 2.68. The molecule has 0 spiro atoms. The lowest BCUT2D eigenvalue weighted by Crippen LogP contribution is -2.27. The van der Waals surface area contributed by atoms with Gasteiger partial charge in [-0.15, -0.1) is 5.10 Å². The molecule has 0 amide bonds. The first-order valence-corrected chi connectivity index (χ1v) is 5.40. The fraction of sp³-hybridized carbons (Fsp3) is 0.273. The monoisotopic (exact) mass is 232 g/mol. The lowest BCUT2D eigenvalue weighted by molar-refractivity contribution is 0.553. The van der Waals surface area contributed by atoms with Crippen LogP contribution in [0.4, 0.5) is 0 Å². The normalized spacial score (nSPS) is 17.3. The van der Waals surface area contributed by atoms with Crippen molar-refractivity contribution < 1.29 is 0 Å². The molecule has 17 heavy (non-hydrogen) atoms. The minimum absolute atomic E-state index is 0.0150. The Morgan fingerprint density at radius 3 is 2.76 bits per heavy atom. The van der Waals surface area contributed by atoms with Crippen molar-refractivity contribution in [2.45, 2.75) is 18.9 Å². The summed E-state index contributed by atoms with van der Waals surface area (Å²) < 4.78 is 0. The van der Waals surface area contributed by atoms with Crippen molar-refractivity contribution in [1.29, 1.82) is 5.41 Å². The van der Waals surface area contributed by atoms with Gasteiger partial charge in [-0.2, -0.15) is 0 Å². The van der Waals surface area contributed by atoms with E-state index in [-0.39, 0.29) is 17.8 Å². The van der Waals surface area contributed by atoms with Gasteiger partial charge in [0.2, 0.25) is 5.96 Å². The summed E-state index contributed by atoms with van der Waals surface area (Å²) in [4.78, 5) is 0. The lowest BCUT2D eigenvalue weighted by Gasteiger charge is -2.12. The van der Waals surface area contributed by atoms with Crippen molar-refractivity contribution >= 4 is 11.8 Å². The fourth-order valence-electron chi connectivity index (χ4n) is 2.19. The van der Waals surface area contributed by atoms with Gasteiger partial charge in [-0.3, -0.25) is 10.8 Å². The second-order valence-electron chi connectivity index (χ2n) is 4.04. The van der Waals surface area contributed by atoms with Gasteiger partial charge in [-0.25, -0.2) is 0 Å². The predicted molar refractivity (Wildman–Crippen MR) is 67.5 cm³/mol. The SMILES string of the molecule is N=C(N)c1cccc2c1CCC2NN=C(N)N. The Hall–Kier alpha value is -2.24. The molecule has 90 valence electrons. The molecule has 0 radical (unpaired) electrons. The molecule has 0 aromatic heterocycles. The molecular weight excluding hydrogens is 216 g/mol. The highest BCUT2D eigenvalue weighted by Crippen LogP contribution is 2.33. The first-order valence-electron chi connectivity index (χ1n) is 5.40. The van der Waals surface area contributed by atoms with Crippen molar-refractivity contribution in [2.24, 2.45) is 22.3 Å². The third-order valence-electron chi connectivity index (χ3n) is 2.91. The van der Waals surface area contributed by atoms with E-state index in [4.69, 9.17) is 22.6 Å². The zero-order valence-electron chi connectivity index (χ0n) is 9.40. The van der Waals surface area contributed by atoms with Crippen molar-refractivity contribution in [2.75, 3.05) is 0 Å². The molecule has 6 heteroatoms. The maximum Gasteiger partial charge on any atom is 0.208 e. The highest BCUT2D eigenvalue weighted by Gasteiger charge is 2.24. The number of guanidine groups is 1. The van der Waals surface area contributed by atoms with Crippen LogP contribution < -0.4 is 22.6 Å². The Morgan fingerprint density at radius 2 is 2.12 bits per heavy atom. The van der Waals surface area contributed by atoms with Crippen molar-refractivity contribution in [3.05, 3.63) is 34.9 Å². The first kappa shape index (κ1) is 11.3. The van der Waals surface area contributed by atoms with Crippen LogP contribution in [-0.4, -0.2) is 11.8 Å². The molecule has 0 saturated carbocycles. The van der Waals surface area contributed by atoms with Crippen LogP contribution >= 0.6 is 0 Å².